The van der Waals surface area contributed by atoms with Gasteiger partial charge in [-0.1, -0.05) is 24.3 Å². The van der Waals surface area contributed by atoms with Gasteiger partial charge >= 0.3 is 0 Å². The van der Waals surface area contributed by atoms with Gasteiger partial charge in [-0.15, -0.1) is 0 Å². The highest BCUT2D eigenvalue weighted by atomic mass is 16.5. The number of carbonyl (C=O) groups is 2. The summed E-state index contributed by atoms with van der Waals surface area (Å²) in [5.41, 5.74) is 6.31. The Labute approximate surface area is 256 Å². The number of nitriles is 1. The number of hydrogen-bond donors (Lipinski definition) is 2. The maximum absolute atomic E-state index is 14.6. The molecule has 0 radical (unpaired) electrons. The first-order chi connectivity index (χ1) is 21.3. The van der Waals surface area contributed by atoms with E-state index in [1.807, 2.05) is 35.6 Å². The fourth-order valence-electron chi connectivity index (χ4n) is 6.17. The van der Waals surface area contributed by atoms with Gasteiger partial charge in [-0.05, 0) is 73.0 Å². The first-order valence-electron chi connectivity index (χ1n) is 14.8. The lowest BCUT2D eigenvalue weighted by atomic mass is 9.91. The SMILES string of the molecule is Cc1c(C(=O)Nc2ccc(O)cc2)cc(-c2cc(C#N)ccc2C(=O)N2Cc3ccccc3C[C@H]2CN2CCOCC2)n1C. The molecule has 0 spiro atoms. The van der Waals surface area contributed by atoms with Gasteiger partial charge in [-0.3, -0.25) is 14.5 Å². The van der Waals surface area contributed by atoms with Crippen LogP contribution < -0.4 is 5.32 Å². The predicted molar refractivity (Wildman–Crippen MR) is 167 cm³/mol. The van der Waals surface area contributed by atoms with Gasteiger partial charge < -0.3 is 24.6 Å². The molecule has 3 heterocycles. The van der Waals surface area contributed by atoms with Gasteiger partial charge in [0.25, 0.3) is 11.8 Å². The third kappa shape index (κ3) is 5.82. The van der Waals surface area contributed by atoms with Gasteiger partial charge in [0, 0.05) is 67.5 Å². The van der Waals surface area contributed by atoms with E-state index in [9.17, 15) is 20.0 Å². The third-order valence-corrected chi connectivity index (χ3v) is 8.75. The largest absolute Gasteiger partial charge is 0.508 e. The number of hydrogen-bond acceptors (Lipinski definition) is 6. The molecule has 1 saturated heterocycles. The number of anilines is 1. The van der Waals surface area contributed by atoms with Crippen LogP contribution in [0.15, 0.2) is 72.8 Å². The van der Waals surface area contributed by atoms with E-state index in [1.54, 1.807) is 36.4 Å². The van der Waals surface area contributed by atoms with Crippen LogP contribution in [0.5, 0.6) is 5.75 Å². The fraction of sp³-hybridized carbons (Fsp3) is 0.286. The van der Waals surface area contributed by atoms with E-state index in [0.717, 1.165) is 31.6 Å². The van der Waals surface area contributed by atoms with E-state index >= 15 is 0 Å². The number of phenols is 1. The van der Waals surface area contributed by atoms with Crippen molar-refractivity contribution in [1.82, 2.24) is 14.4 Å². The second-order valence-corrected chi connectivity index (χ2v) is 11.4. The highest BCUT2D eigenvalue weighted by Gasteiger charge is 2.33. The number of aromatic hydroxyl groups is 1. The minimum Gasteiger partial charge on any atom is -0.508 e. The summed E-state index contributed by atoms with van der Waals surface area (Å²) >= 11 is 0. The quantitative estimate of drug-likeness (QED) is 0.315. The summed E-state index contributed by atoms with van der Waals surface area (Å²) in [6.45, 7) is 6.14. The lowest BCUT2D eigenvalue weighted by molar-refractivity contribution is 0.0193. The van der Waals surface area contributed by atoms with Crippen molar-refractivity contribution in [3.05, 3.63) is 106 Å². The Morgan fingerprint density at radius 3 is 2.45 bits per heavy atom. The Morgan fingerprint density at radius 2 is 1.73 bits per heavy atom. The number of benzene rings is 3. The third-order valence-electron chi connectivity index (χ3n) is 8.75. The Balaban J connectivity index is 1.36. The van der Waals surface area contributed by atoms with Gasteiger partial charge in [0.2, 0.25) is 0 Å². The van der Waals surface area contributed by atoms with E-state index in [0.29, 0.717) is 59.1 Å². The average Bonchev–Trinajstić information content (AvgIpc) is 3.35. The second-order valence-electron chi connectivity index (χ2n) is 11.4. The van der Waals surface area contributed by atoms with Crippen LogP contribution >= 0.6 is 0 Å². The zero-order valence-electron chi connectivity index (χ0n) is 24.9. The van der Waals surface area contributed by atoms with Crippen LogP contribution in [0, 0.1) is 18.3 Å². The van der Waals surface area contributed by atoms with Crippen molar-refractivity contribution in [3.63, 3.8) is 0 Å². The molecular weight excluding hydrogens is 554 g/mol. The molecule has 6 rings (SSSR count). The molecular formula is C35H35N5O4. The van der Waals surface area contributed by atoms with E-state index in [1.165, 1.54) is 17.7 Å². The molecule has 2 aliphatic heterocycles. The Bertz CT molecular complexity index is 1750. The van der Waals surface area contributed by atoms with E-state index in [-0.39, 0.29) is 23.6 Å². The molecule has 2 amide bonds. The summed E-state index contributed by atoms with van der Waals surface area (Å²) in [7, 11) is 1.85. The normalized spacial score (nSPS) is 16.7. The first-order valence-corrected chi connectivity index (χ1v) is 14.8. The topological polar surface area (TPSA) is 111 Å². The molecule has 224 valence electrons. The lowest BCUT2D eigenvalue weighted by Gasteiger charge is -2.40. The maximum Gasteiger partial charge on any atom is 0.257 e. The second kappa shape index (κ2) is 12.4. The summed E-state index contributed by atoms with van der Waals surface area (Å²) in [6.07, 6.45) is 0.760. The smallest absolute Gasteiger partial charge is 0.257 e. The van der Waals surface area contributed by atoms with Crippen LogP contribution in [0.25, 0.3) is 11.3 Å². The number of morpholine rings is 1. The minimum absolute atomic E-state index is 0.0270. The first kappa shape index (κ1) is 29.2. The van der Waals surface area contributed by atoms with Crippen molar-refractivity contribution in [3.8, 4) is 23.1 Å². The Hall–Kier alpha value is -4.91. The number of aromatic nitrogens is 1. The summed E-state index contributed by atoms with van der Waals surface area (Å²) in [5.74, 6) is -0.302. The zero-order valence-corrected chi connectivity index (χ0v) is 24.9. The number of phenolic OH excluding ortho intramolecular Hbond substituents is 1. The van der Waals surface area contributed by atoms with Crippen LogP contribution in [-0.2, 0) is 24.8 Å². The molecule has 4 aromatic rings. The minimum atomic E-state index is -0.308. The predicted octanol–water partition coefficient (Wildman–Crippen LogP) is 4.73. The summed E-state index contributed by atoms with van der Waals surface area (Å²) < 4.78 is 7.45. The van der Waals surface area contributed by atoms with Crippen LogP contribution in [0.4, 0.5) is 5.69 Å². The molecule has 2 N–H and O–H groups in total. The van der Waals surface area contributed by atoms with Crippen molar-refractivity contribution in [2.45, 2.75) is 25.9 Å². The summed E-state index contributed by atoms with van der Waals surface area (Å²) in [4.78, 5) is 32.2. The molecule has 1 aromatic heterocycles. The number of fused-ring (bicyclic) bond motifs is 1. The number of ether oxygens (including phenoxy) is 1. The van der Waals surface area contributed by atoms with Gasteiger partial charge in [0.05, 0.1) is 30.4 Å². The number of rotatable bonds is 6. The van der Waals surface area contributed by atoms with Gasteiger partial charge in [-0.2, -0.15) is 5.26 Å². The number of carbonyl (C=O) groups excluding carboxylic acids is 2. The fourth-order valence-corrected chi connectivity index (χ4v) is 6.17. The highest BCUT2D eigenvalue weighted by molar-refractivity contribution is 6.07. The number of amides is 2. The average molecular weight is 590 g/mol. The van der Waals surface area contributed by atoms with Crippen molar-refractivity contribution < 1.29 is 19.4 Å². The molecule has 1 atom stereocenters. The maximum atomic E-state index is 14.6. The zero-order chi connectivity index (χ0) is 30.8. The highest BCUT2D eigenvalue weighted by Crippen LogP contribution is 2.33. The van der Waals surface area contributed by atoms with Gasteiger partial charge in [0.15, 0.2) is 0 Å². The standard InChI is InChI=1S/C35H35N5O4/c1-23-31(34(42)37-27-8-10-29(41)11-9-27)19-33(38(23)2)32-17-24(20-36)7-12-30(32)35(43)40-21-26-6-4-3-5-25(26)18-28(40)22-39-13-15-44-16-14-39/h3-12,17,19,28,41H,13-16,18,21-22H2,1-2H3,(H,37,42)/t28-/m0/s1. The summed E-state index contributed by atoms with van der Waals surface area (Å²) in [5, 5.41) is 22.2. The van der Waals surface area contributed by atoms with Crippen LogP contribution in [-0.4, -0.2) is 70.2 Å². The Morgan fingerprint density at radius 1 is 1.00 bits per heavy atom. The molecule has 1 fully saturated rings. The van der Waals surface area contributed by atoms with E-state index < -0.39 is 0 Å². The number of nitrogens with one attached hydrogen (secondary N) is 1. The van der Waals surface area contributed by atoms with Crippen LogP contribution in [0.2, 0.25) is 0 Å². The lowest BCUT2D eigenvalue weighted by Crippen LogP contribution is -2.52. The van der Waals surface area contributed by atoms with Gasteiger partial charge in [-0.25, -0.2) is 0 Å². The molecule has 0 unspecified atom stereocenters. The van der Waals surface area contributed by atoms with Crippen molar-refractivity contribution in [1.29, 1.82) is 5.26 Å². The molecule has 9 heteroatoms. The van der Waals surface area contributed by atoms with Crippen molar-refractivity contribution in [2.24, 2.45) is 7.05 Å². The van der Waals surface area contributed by atoms with Gasteiger partial charge in [0.1, 0.15) is 5.75 Å². The monoisotopic (exact) mass is 589 g/mol. The summed E-state index contributed by atoms with van der Waals surface area (Å²) in [6, 6.07) is 23.7. The molecule has 0 saturated carbocycles. The van der Waals surface area contributed by atoms with Crippen molar-refractivity contribution in [2.75, 3.05) is 38.2 Å². The van der Waals surface area contributed by atoms with E-state index in [2.05, 4.69) is 28.4 Å². The Kier molecular flexibility index (Phi) is 8.20. The van der Waals surface area contributed by atoms with Crippen molar-refractivity contribution >= 4 is 17.5 Å². The molecule has 44 heavy (non-hydrogen) atoms. The molecule has 9 nitrogen and oxygen atoms in total. The molecule has 0 aliphatic carbocycles. The van der Waals surface area contributed by atoms with E-state index in [4.69, 9.17) is 4.74 Å². The molecule has 0 bridgehead atoms. The molecule has 2 aliphatic rings. The molecule has 3 aromatic carbocycles. The number of nitrogens with zero attached hydrogens (tertiary/aromatic N) is 4. The van der Waals surface area contributed by atoms with Crippen LogP contribution in [0.1, 0.15) is 43.1 Å². The van der Waals surface area contributed by atoms with Crippen LogP contribution in [0.3, 0.4) is 0 Å².